The second-order valence-corrected chi connectivity index (χ2v) is 13.9. The number of hydrazine groups is 1. The summed E-state index contributed by atoms with van der Waals surface area (Å²) in [4.78, 5) is 51.9. The van der Waals surface area contributed by atoms with Gasteiger partial charge in [-0.3, -0.25) is 24.8 Å². The number of carbonyl (C=O) groups is 3. The zero-order valence-corrected chi connectivity index (χ0v) is 30.7. The number of hydrogen-bond donors (Lipinski definition) is 2. The van der Waals surface area contributed by atoms with Crippen LogP contribution in [0.15, 0.2) is 88.3 Å². The molecule has 10 heteroatoms. The quantitative estimate of drug-likeness (QED) is 0.136. The van der Waals surface area contributed by atoms with E-state index in [9.17, 15) is 14.4 Å². The molecule has 53 heavy (non-hydrogen) atoms. The Hall–Kier alpha value is -6.00. The monoisotopic (exact) mass is 706 g/mol. The standard InChI is InChI=1S/C43H42N6O4/c1-6-44-34-23-37-32(21-25(34)3)39(33-22-26(4)35(45-7-2)24-38(33)53-37)27-11-8-9-12-28(27)41(50)46-49-42(51)30-14-10-13-29-36(48-19-17-47(5)18-20-48)16-15-31(40(29)30)43(49)52/h8-16,21-24,44H,6-7,17-20H2,1-5H3,(H,46,50). The van der Waals surface area contributed by atoms with Gasteiger partial charge in [-0.25, -0.2) is 0 Å². The largest absolute Gasteiger partial charge is 0.456 e. The molecule has 4 aliphatic rings. The van der Waals surface area contributed by atoms with Crippen LogP contribution in [0.4, 0.5) is 11.4 Å². The summed E-state index contributed by atoms with van der Waals surface area (Å²) in [5.41, 5.74) is 10.7. The number of likely N-dealkylation sites (N-methyl/N-ethyl adjacent to an activating group) is 1. The van der Waals surface area contributed by atoms with Crippen molar-refractivity contribution >= 4 is 50.8 Å². The lowest BCUT2D eigenvalue weighted by Gasteiger charge is -2.35. The molecule has 0 atom stereocenters. The Morgan fingerprint density at radius 1 is 0.792 bits per heavy atom. The number of benzene rings is 5. The van der Waals surface area contributed by atoms with Gasteiger partial charge >= 0.3 is 0 Å². The molecule has 268 valence electrons. The summed E-state index contributed by atoms with van der Waals surface area (Å²) in [7, 11) is 2.11. The van der Waals surface area contributed by atoms with E-state index in [2.05, 4.69) is 44.7 Å². The van der Waals surface area contributed by atoms with Gasteiger partial charge < -0.3 is 19.5 Å². The summed E-state index contributed by atoms with van der Waals surface area (Å²) in [5, 5.41) is 7.42. The number of anilines is 2. The van der Waals surface area contributed by atoms with Crippen LogP contribution in [0.2, 0.25) is 0 Å². The zero-order valence-electron chi connectivity index (χ0n) is 30.7. The maximum atomic E-state index is 14.4. The number of fused-ring (bicyclic) bond motifs is 2. The van der Waals surface area contributed by atoms with E-state index < -0.39 is 17.7 Å². The number of rotatable bonds is 7. The molecule has 1 saturated heterocycles. The van der Waals surface area contributed by atoms with Crippen LogP contribution in [-0.4, -0.2) is 73.9 Å². The van der Waals surface area contributed by atoms with Gasteiger partial charge in [0.1, 0.15) is 11.3 Å². The number of imide groups is 1. The van der Waals surface area contributed by atoms with E-state index in [0.29, 0.717) is 45.5 Å². The molecule has 2 N–H and O–H groups in total. The highest BCUT2D eigenvalue weighted by molar-refractivity contribution is 6.27. The van der Waals surface area contributed by atoms with Gasteiger partial charge in [0.15, 0.2) is 0 Å². The van der Waals surface area contributed by atoms with Crippen molar-refractivity contribution in [2.45, 2.75) is 27.7 Å². The Morgan fingerprint density at radius 2 is 1.53 bits per heavy atom. The minimum atomic E-state index is -0.579. The highest BCUT2D eigenvalue weighted by Gasteiger charge is 2.36. The molecule has 10 nitrogen and oxygen atoms in total. The number of nitrogens with zero attached hydrogens (tertiary/aromatic N) is 4. The number of carbonyl (C=O) groups excluding carboxylic acids is 3. The Labute approximate surface area is 308 Å². The molecule has 3 heterocycles. The first-order valence-electron chi connectivity index (χ1n) is 18.2. The Morgan fingerprint density at radius 3 is 2.28 bits per heavy atom. The van der Waals surface area contributed by atoms with E-state index in [1.807, 2.05) is 70.2 Å². The van der Waals surface area contributed by atoms with E-state index in [1.54, 1.807) is 24.3 Å². The van der Waals surface area contributed by atoms with E-state index >= 15 is 0 Å². The third-order valence-corrected chi connectivity index (χ3v) is 10.5. The van der Waals surface area contributed by atoms with Gasteiger partial charge in [0, 0.05) is 95.6 Å². The van der Waals surface area contributed by atoms with Gasteiger partial charge in [0.05, 0.1) is 16.5 Å². The van der Waals surface area contributed by atoms with Crippen LogP contribution in [0.25, 0.3) is 44.2 Å². The van der Waals surface area contributed by atoms with Crippen LogP contribution in [-0.2, 0) is 0 Å². The molecular weight excluding hydrogens is 665 g/mol. The van der Waals surface area contributed by atoms with Crippen molar-refractivity contribution in [1.82, 2.24) is 15.3 Å². The fraction of sp³-hybridized carbons (Fsp3) is 0.256. The van der Waals surface area contributed by atoms with Crippen molar-refractivity contribution in [1.29, 1.82) is 0 Å². The molecule has 3 aliphatic heterocycles. The first-order valence-corrected chi connectivity index (χ1v) is 18.2. The second-order valence-electron chi connectivity index (χ2n) is 13.9. The van der Waals surface area contributed by atoms with E-state index in [0.717, 1.165) is 87.5 Å². The van der Waals surface area contributed by atoms with Crippen molar-refractivity contribution in [3.8, 4) is 22.5 Å². The SMILES string of the molecule is CCN=c1cc2oc3cc(NCC)c(C)cc3c(-c3ccccc3C(=O)NN3C(=O)c4cccc5c(N6CCN(C)CC6)ccc(c45)C3=O)c-2cc1C. The number of aryl methyl sites for hydroxylation is 2. The van der Waals surface area contributed by atoms with Crippen molar-refractivity contribution < 1.29 is 18.8 Å². The maximum Gasteiger partial charge on any atom is 0.280 e. The molecule has 0 unspecified atom stereocenters. The summed E-state index contributed by atoms with van der Waals surface area (Å²) in [6.45, 7) is 13.0. The van der Waals surface area contributed by atoms with Gasteiger partial charge in [-0.05, 0) is 87.8 Å². The lowest BCUT2D eigenvalue weighted by atomic mass is 9.89. The fourth-order valence-corrected chi connectivity index (χ4v) is 7.77. The predicted molar refractivity (Wildman–Crippen MR) is 210 cm³/mol. The Kier molecular flexibility index (Phi) is 8.70. The second kappa shape index (κ2) is 13.5. The predicted octanol–water partition coefficient (Wildman–Crippen LogP) is 7.02. The van der Waals surface area contributed by atoms with Crippen LogP contribution in [0.3, 0.4) is 0 Å². The molecule has 1 aliphatic carbocycles. The molecule has 4 aromatic carbocycles. The summed E-state index contributed by atoms with van der Waals surface area (Å²) < 4.78 is 6.55. The van der Waals surface area contributed by atoms with Gasteiger partial charge in [-0.2, -0.15) is 5.01 Å². The summed E-state index contributed by atoms with van der Waals surface area (Å²) in [5.74, 6) is -1.09. The maximum absolute atomic E-state index is 14.4. The molecule has 8 rings (SSSR count). The topological polar surface area (TPSA) is 110 Å². The minimum Gasteiger partial charge on any atom is -0.456 e. The highest BCUT2D eigenvalue weighted by atomic mass is 16.3. The van der Waals surface area contributed by atoms with E-state index in [4.69, 9.17) is 4.42 Å². The summed E-state index contributed by atoms with van der Waals surface area (Å²) >= 11 is 0. The highest BCUT2D eigenvalue weighted by Crippen LogP contribution is 2.43. The summed E-state index contributed by atoms with van der Waals surface area (Å²) in [6, 6.07) is 24.6. The molecule has 0 spiro atoms. The van der Waals surface area contributed by atoms with Gasteiger partial charge in [-0.1, -0.05) is 30.3 Å². The minimum absolute atomic E-state index is 0.310. The Bertz CT molecular complexity index is 2490. The molecule has 0 bridgehead atoms. The normalized spacial score (nSPS) is 15.2. The number of piperazine rings is 1. The first-order chi connectivity index (χ1) is 25.7. The Balaban J connectivity index is 1.22. The smallest absolute Gasteiger partial charge is 0.280 e. The third-order valence-electron chi connectivity index (χ3n) is 10.5. The molecule has 0 saturated carbocycles. The molecule has 1 fully saturated rings. The number of amides is 3. The average Bonchev–Trinajstić information content (AvgIpc) is 3.16. The third kappa shape index (κ3) is 5.79. The molecule has 0 radical (unpaired) electrons. The van der Waals surface area contributed by atoms with E-state index in [-0.39, 0.29) is 0 Å². The van der Waals surface area contributed by atoms with Crippen LogP contribution in [0.5, 0.6) is 0 Å². The van der Waals surface area contributed by atoms with Crippen molar-refractivity contribution in [2.24, 2.45) is 4.99 Å². The average molecular weight is 707 g/mol. The number of hydrogen-bond acceptors (Lipinski definition) is 8. The zero-order chi connectivity index (χ0) is 37.0. The molecule has 4 aromatic rings. The van der Waals surface area contributed by atoms with Crippen molar-refractivity contribution in [3.63, 3.8) is 0 Å². The fourth-order valence-electron chi connectivity index (χ4n) is 7.77. The van der Waals surface area contributed by atoms with Crippen LogP contribution < -0.4 is 21.0 Å². The molecule has 0 aromatic heterocycles. The molecule has 3 amide bonds. The number of nitrogens with one attached hydrogen (secondary N) is 2. The lowest BCUT2D eigenvalue weighted by Crippen LogP contribution is -2.51. The van der Waals surface area contributed by atoms with Crippen molar-refractivity contribution in [3.05, 3.63) is 112 Å². The van der Waals surface area contributed by atoms with Gasteiger partial charge in [-0.15, -0.1) is 0 Å². The van der Waals surface area contributed by atoms with Crippen molar-refractivity contribution in [2.75, 3.05) is 56.5 Å². The van der Waals surface area contributed by atoms with E-state index in [1.165, 1.54) is 0 Å². The van der Waals surface area contributed by atoms with Crippen LogP contribution in [0.1, 0.15) is 56.0 Å². The van der Waals surface area contributed by atoms with Crippen LogP contribution in [0, 0.1) is 13.8 Å². The lowest BCUT2D eigenvalue weighted by molar-refractivity contribution is 0.0479. The summed E-state index contributed by atoms with van der Waals surface area (Å²) in [6.07, 6.45) is 0. The van der Waals surface area contributed by atoms with Crippen LogP contribution >= 0.6 is 0 Å². The molecular formula is C43H42N6O4. The van der Waals surface area contributed by atoms with Gasteiger partial charge in [0.25, 0.3) is 17.7 Å². The first kappa shape index (κ1) is 34.1. The van der Waals surface area contributed by atoms with Gasteiger partial charge in [0.2, 0.25) is 0 Å².